The first-order valence-electron chi connectivity index (χ1n) is 10.8. The number of nitrogens with zero attached hydrogens (tertiary/aromatic N) is 3. The molecule has 1 heterocycles. The number of ether oxygens (including phenoxy) is 1. The topological polar surface area (TPSA) is 39.9 Å². The lowest BCUT2D eigenvalue weighted by atomic mass is 9.96. The van der Waals surface area contributed by atoms with Gasteiger partial charge in [-0.1, -0.05) is 83.9 Å². The van der Waals surface area contributed by atoms with Crippen molar-refractivity contribution in [3.8, 4) is 11.8 Å². The molecule has 0 bridgehead atoms. The summed E-state index contributed by atoms with van der Waals surface area (Å²) in [6.07, 6.45) is 0.537. The molecule has 1 atom stereocenters. The molecule has 0 saturated carbocycles. The minimum absolute atomic E-state index is 0.489. The zero-order valence-electron chi connectivity index (χ0n) is 17.9. The fraction of sp³-hybridized carbons (Fsp3) is 0.143. The lowest BCUT2D eigenvalue weighted by Crippen LogP contribution is -2.39. The standard InChI is InChI=1S/C28H23N3O/c1-2-32-28(20-19-22-11-4-3-5-12-22,31-27-18-9-8-17-26(27)29-30-31)21-24-15-10-14-23-13-6-7-16-25(23)24/h3-18H,2,21H2,1H3. The fourth-order valence-corrected chi connectivity index (χ4v) is 4.09. The predicted octanol–water partition coefficient (Wildman–Crippen LogP) is 5.57. The number of para-hydroxylation sites is 1. The largest absolute Gasteiger partial charge is 0.343 e. The number of rotatable bonds is 5. The van der Waals surface area contributed by atoms with Gasteiger partial charge < -0.3 is 4.74 Å². The summed E-state index contributed by atoms with van der Waals surface area (Å²) in [6, 6.07) is 32.6. The summed E-state index contributed by atoms with van der Waals surface area (Å²) in [4.78, 5) is 0. The van der Waals surface area contributed by atoms with Gasteiger partial charge in [0.2, 0.25) is 5.72 Å². The Kier molecular flexibility index (Phi) is 5.41. The highest BCUT2D eigenvalue weighted by atomic mass is 16.5. The monoisotopic (exact) mass is 417 g/mol. The second-order valence-electron chi connectivity index (χ2n) is 7.64. The Morgan fingerprint density at radius 1 is 0.844 bits per heavy atom. The average molecular weight is 418 g/mol. The molecule has 4 aromatic carbocycles. The van der Waals surface area contributed by atoms with Crippen LogP contribution in [0.2, 0.25) is 0 Å². The van der Waals surface area contributed by atoms with E-state index in [0.717, 1.165) is 22.2 Å². The Bertz CT molecular complexity index is 1420. The zero-order chi connectivity index (χ0) is 21.8. The van der Waals surface area contributed by atoms with Crippen LogP contribution in [0.5, 0.6) is 0 Å². The van der Waals surface area contributed by atoms with E-state index in [1.165, 1.54) is 10.8 Å². The summed E-state index contributed by atoms with van der Waals surface area (Å²) in [7, 11) is 0. The van der Waals surface area contributed by atoms with Gasteiger partial charge in [0.15, 0.2) is 0 Å². The quantitative estimate of drug-likeness (QED) is 0.351. The number of aromatic nitrogens is 3. The lowest BCUT2D eigenvalue weighted by molar-refractivity contribution is -0.0597. The van der Waals surface area contributed by atoms with Crippen LogP contribution in [-0.2, 0) is 16.9 Å². The maximum absolute atomic E-state index is 6.44. The molecule has 1 unspecified atom stereocenters. The average Bonchev–Trinajstić information content (AvgIpc) is 3.28. The third-order valence-electron chi connectivity index (χ3n) is 5.56. The van der Waals surface area contributed by atoms with Crippen LogP contribution in [0.25, 0.3) is 21.8 Å². The van der Waals surface area contributed by atoms with E-state index < -0.39 is 5.72 Å². The summed E-state index contributed by atoms with van der Waals surface area (Å²) in [6.45, 7) is 2.48. The van der Waals surface area contributed by atoms with E-state index in [2.05, 4.69) is 64.6 Å². The van der Waals surface area contributed by atoms with E-state index in [0.29, 0.717) is 13.0 Å². The van der Waals surface area contributed by atoms with Crippen molar-refractivity contribution in [2.75, 3.05) is 6.61 Å². The molecule has 5 rings (SSSR count). The van der Waals surface area contributed by atoms with E-state index in [1.807, 2.05) is 66.2 Å². The van der Waals surface area contributed by atoms with Crippen molar-refractivity contribution in [3.05, 3.63) is 108 Å². The van der Waals surface area contributed by atoms with Gasteiger partial charge >= 0.3 is 0 Å². The van der Waals surface area contributed by atoms with E-state index in [9.17, 15) is 0 Å². The second-order valence-corrected chi connectivity index (χ2v) is 7.64. The van der Waals surface area contributed by atoms with Gasteiger partial charge in [0.1, 0.15) is 5.52 Å². The molecule has 0 spiro atoms. The first-order chi connectivity index (χ1) is 15.8. The van der Waals surface area contributed by atoms with Gasteiger partial charge in [-0.15, -0.1) is 5.10 Å². The predicted molar refractivity (Wildman–Crippen MR) is 128 cm³/mol. The summed E-state index contributed by atoms with van der Waals surface area (Å²) < 4.78 is 8.28. The zero-order valence-corrected chi connectivity index (χ0v) is 17.9. The molecule has 1 aromatic heterocycles. The number of benzene rings is 4. The Balaban J connectivity index is 1.73. The van der Waals surface area contributed by atoms with E-state index in [1.54, 1.807) is 0 Å². The van der Waals surface area contributed by atoms with Gasteiger partial charge in [-0.05, 0) is 53.4 Å². The molecular formula is C28H23N3O. The van der Waals surface area contributed by atoms with Crippen LogP contribution in [0, 0.1) is 11.8 Å². The highest BCUT2D eigenvalue weighted by Gasteiger charge is 2.35. The summed E-state index contributed by atoms with van der Waals surface area (Å²) in [5, 5.41) is 11.3. The molecule has 0 fully saturated rings. The van der Waals surface area contributed by atoms with Crippen molar-refractivity contribution in [1.82, 2.24) is 15.0 Å². The first kappa shape index (κ1) is 20.0. The minimum Gasteiger partial charge on any atom is -0.343 e. The third-order valence-corrected chi connectivity index (χ3v) is 5.56. The van der Waals surface area contributed by atoms with E-state index in [4.69, 9.17) is 4.74 Å². The molecule has 0 radical (unpaired) electrons. The minimum atomic E-state index is -1.01. The van der Waals surface area contributed by atoms with Gasteiger partial charge in [0.05, 0.1) is 5.52 Å². The van der Waals surface area contributed by atoms with Crippen LogP contribution in [0.15, 0.2) is 97.1 Å². The van der Waals surface area contributed by atoms with Crippen LogP contribution in [0.1, 0.15) is 18.1 Å². The molecule has 32 heavy (non-hydrogen) atoms. The van der Waals surface area contributed by atoms with Crippen LogP contribution >= 0.6 is 0 Å². The normalized spacial score (nSPS) is 12.9. The van der Waals surface area contributed by atoms with Crippen LogP contribution in [0.3, 0.4) is 0 Å². The highest BCUT2D eigenvalue weighted by molar-refractivity contribution is 5.85. The molecule has 0 amide bonds. The van der Waals surface area contributed by atoms with Gasteiger partial charge in [-0.3, -0.25) is 0 Å². The van der Waals surface area contributed by atoms with Crippen molar-refractivity contribution in [1.29, 1.82) is 0 Å². The molecule has 5 aromatic rings. The number of hydrogen-bond acceptors (Lipinski definition) is 3. The van der Waals surface area contributed by atoms with Crippen molar-refractivity contribution in [2.24, 2.45) is 0 Å². The van der Waals surface area contributed by atoms with Gasteiger partial charge in [0, 0.05) is 18.6 Å². The molecule has 0 N–H and O–H groups in total. The Morgan fingerprint density at radius 3 is 2.47 bits per heavy atom. The maximum Gasteiger partial charge on any atom is 0.230 e. The van der Waals surface area contributed by atoms with Gasteiger partial charge in [-0.25, -0.2) is 4.68 Å². The first-order valence-corrected chi connectivity index (χ1v) is 10.8. The molecule has 4 nitrogen and oxygen atoms in total. The molecular weight excluding hydrogens is 394 g/mol. The molecule has 4 heteroatoms. The Morgan fingerprint density at radius 2 is 1.59 bits per heavy atom. The smallest absolute Gasteiger partial charge is 0.230 e. The van der Waals surface area contributed by atoms with E-state index >= 15 is 0 Å². The highest BCUT2D eigenvalue weighted by Crippen LogP contribution is 2.30. The summed E-state index contributed by atoms with van der Waals surface area (Å²) in [5.41, 5.74) is 2.78. The van der Waals surface area contributed by atoms with Gasteiger partial charge in [-0.2, -0.15) is 0 Å². The molecule has 0 aliphatic heterocycles. The van der Waals surface area contributed by atoms with Crippen molar-refractivity contribution in [2.45, 2.75) is 19.1 Å². The fourth-order valence-electron chi connectivity index (χ4n) is 4.09. The van der Waals surface area contributed by atoms with Crippen LogP contribution in [-0.4, -0.2) is 21.6 Å². The van der Waals surface area contributed by atoms with Crippen molar-refractivity contribution in [3.63, 3.8) is 0 Å². The summed E-state index contributed by atoms with van der Waals surface area (Å²) >= 11 is 0. The van der Waals surface area contributed by atoms with Crippen LogP contribution in [0.4, 0.5) is 0 Å². The third kappa shape index (κ3) is 3.75. The Hall–Kier alpha value is -3.94. The maximum atomic E-state index is 6.44. The molecule has 0 aliphatic carbocycles. The molecule has 0 aliphatic rings. The lowest BCUT2D eigenvalue weighted by Gasteiger charge is -2.29. The number of hydrogen-bond donors (Lipinski definition) is 0. The van der Waals surface area contributed by atoms with Crippen molar-refractivity contribution < 1.29 is 4.74 Å². The summed E-state index contributed by atoms with van der Waals surface area (Å²) in [5.74, 6) is 6.77. The van der Waals surface area contributed by atoms with Crippen LogP contribution < -0.4 is 0 Å². The van der Waals surface area contributed by atoms with E-state index in [-0.39, 0.29) is 0 Å². The van der Waals surface area contributed by atoms with Crippen molar-refractivity contribution >= 4 is 21.8 Å². The Labute approximate surface area is 187 Å². The second kappa shape index (κ2) is 8.66. The van der Waals surface area contributed by atoms with Gasteiger partial charge in [0.25, 0.3) is 0 Å². The SMILES string of the molecule is CCOC(C#Cc1ccccc1)(Cc1cccc2ccccc12)n1nnc2ccccc21. The molecule has 0 saturated heterocycles. The molecule has 156 valence electrons. The number of fused-ring (bicyclic) bond motifs is 2.